The van der Waals surface area contributed by atoms with Crippen molar-refractivity contribution < 1.29 is 4.79 Å². The van der Waals surface area contributed by atoms with Gasteiger partial charge in [0.05, 0.1) is 11.0 Å². The van der Waals surface area contributed by atoms with Crippen LogP contribution in [0.4, 0.5) is 10.5 Å². The minimum absolute atomic E-state index is 0.453. The lowest BCUT2D eigenvalue weighted by atomic mass is 10.3. The lowest BCUT2D eigenvalue weighted by Crippen LogP contribution is -2.34. The Morgan fingerprint density at radius 1 is 1.53 bits per heavy atom. The number of H-pyrrole nitrogens is 1. The van der Waals surface area contributed by atoms with Crippen molar-refractivity contribution in [1.29, 1.82) is 0 Å². The van der Waals surface area contributed by atoms with Gasteiger partial charge >= 0.3 is 6.03 Å². The summed E-state index contributed by atoms with van der Waals surface area (Å²) in [5, 5.41) is 2.57. The summed E-state index contributed by atoms with van der Waals surface area (Å²) in [4.78, 5) is 18.3. The van der Waals surface area contributed by atoms with E-state index < -0.39 is 6.03 Å². The third kappa shape index (κ3) is 1.89. The van der Waals surface area contributed by atoms with Gasteiger partial charge in [-0.1, -0.05) is 0 Å². The molecule has 0 radical (unpaired) electrons. The highest BCUT2D eigenvalue weighted by molar-refractivity contribution is 5.91. The molecule has 0 fully saturated rings. The molecule has 6 heteroatoms. The lowest BCUT2D eigenvalue weighted by molar-refractivity contribution is 0.252. The summed E-state index contributed by atoms with van der Waals surface area (Å²) in [5.74, 6) is 5.79. The third-order valence-corrected chi connectivity index (χ3v) is 1.99. The normalized spacial score (nSPS) is 10.3. The smallest absolute Gasteiger partial charge is 0.333 e. The van der Waals surface area contributed by atoms with Gasteiger partial charge in [0.25, 0.3) is 0 Å². The number of carbonyl (C=O) groups is 1. The quantitative estimate of drug-likeness (QED) is 0.316. The molecule has 1 heterocycles. The maximum Gasteiger partial charge on any atom is 0.333 e. The molecule has 2 amide bonds. The molecule has 6 nitrogen and oxygen atoms in total. The monoisotopic (exact) mass is 205 g/mol. The van der Waals surface area contributed by atoms with Crippen LogP contribution in [0.25, 0.3) is 11.0 Å². The largest absolute Gasteiger partial charge is 0.342 e. The van der Waals surface area contributed by atoms with Crippen LogP contribution < -0.4 is 16.6 Å². The van der Waals surface area contributed by atoms with Crippen LogP contribution in [0.15, 0.2) is 18.2 Å². The topological polar surface area (TPSA) is 95.8 Å². The molecule has 0 aliphatic carbocycles. The van der Waals surface area contributed by atoms with Gasteiger partial charge in [-0.3, -0.25) is 5.43 Å². The fourth-order valence-electron chi connectivity index (χ4n) is 1.38. The number of rotatable bonds is 1. The molecule has 0 bridgehead atoms. The van der Waals surface area contributed by atoms with Crippen molar-refractivity contribution >= 4 is 22.8 Å². The van der Waals surface area contributed by atoms with E-state index in [1.54, 1.807) is 12.1 Å². The number of nitrogens with one attached hydrogen (secondary N) is 3. The lowest BCUT2D eigenvalue weighted by Gasteiger charge is -2.02. The Balaban J connectivity index is 2.33. The van der Waals surface area contributed by atoms with E-state index in [4.69, 9.17) is 5.84 Å². The Morgan fingerprint density at radius 3 is 3.07 bits per heavy atom. The molecule has 0 aliphatic heterocycles. The van der Waals surface area contributed by atoms with E-state index in [1.807, 2.05) is 18.4 Å². The number of anilines is 1. The molecule has 15 heavy (non-hydrogen) atoms. The van der Waals surface area contributed by atoms with Crippen LogP contribution in [0, 0.1) is 6.92 Å². The van der Waals surface area contributed by atoms with E-state index in [-0.39, 0.29) is 0 Å². The highest BCUT2D eigenvalue weighted by Crippen LogP contribution is 2.16. The van der Waals surface area contributed by atoms with Gasteiger partial charge in [0.15, 0.2) is 0 Å². The average molecular weight is 205 g/mol. The summed E-state index contributed by atoms with van der Waals surface area (Å²) in [6.45, 7) is 1.87. The number of hydrazine groups is 1. The second-order valence-corrected chi connectivity index (χ2v) is 3.15. The number of aromatic amines is 1. The van der Waals surface area contributed by atoms with Crippen molar-refractivity contribution in [2.45, 2.75) is 6.92 Å². The first-order valence-corrected chi connectivity index (χ1v) is 4.43. The van der Waals surface area contributed by atoms with Crippen molar-refractivity contribution in [3.8, 4) is 0 Å². The van der Waals surface area contributed by atoms with E-state index in [1.165, 1.54) is 0 Å². The van der Waals surface area contributed by atoms with Gasteiger partial charge in [0, 0.05) is 5.69 Å². The Kier molecular flexibility index (Phi) is 2.26. The van der Waals surface area contributed by atoms with Gasteiger partial charge < -0.3 is 10.3 Å². The molecule has 0 aliphatic rings. The number of urea groups is 1. The van der Waals surface area contributed by atoms with Crippen molar-refractivity contribution in [1.82, 2.24) is 15.4 Å². The van der Waals surface area contributed by atoms with Gasteiger partial charge in [-0.05, 0) is 25.1 Å². The van der Waals surface area contributed by atoms with Crippen molar-refractivity contribution in [2.75, 3.05) is 5.32 Å². The number of nitrogens with zero attached hydrogens (tertiary/aromatic N) is 1. The number of amides is 2. The number of benzene rings is 1. The second-order valence-electron chi connectivity index (χ2n) is 3.15. The fraction of sp³-hybridized carbons (Fsp3) is 0.111. The molecular formula is C9H11N5O. The maximum atomic E-state index is 10.9. The first kappa shape index (κ1) is 9.47. The molecule has 0 atom stereocenters. The van der Waals surface area contributed by atoms with Gasteiger partial charge in [-0.15, -0.1) is 0 Å². The summed E-state index contributed by atoms with van der Waals surface area (Å²) in [6, 6.07) is 4.93. The molecular weight excluding hydrogens is 194 g/mol. The van der Waals surface area contributed by atoms with Gasteiger partial charge in [0.1, 0.15) is 5.82 Å². The number of imidazole rings is 1. The molecule has 1 aromatic heterocycles. The number of hydrogen-bond donors (Lipinski definition) is 4. The summed E-state index contributed by atoms with van der Waals surface area (Å²) in [7, 11) is 0. The predicted molar refractivity (Wildman–Crippen MR) is 57.2 cm³/mol. The zero-order chi connectivity index (χ0) is 10.8. The number of hydrogen-bond acceptors (Lipinski definition) is 3. The van der Waals surface area contributed by atoms with E-state index in [2.05, 4.69) is 15.3 Å². The molecule has 5 N–H and O–H groups in total. The fourth-order valence-corrected chi connectivity index (χ4v) is 1.38. The van der Waals surface area contributed by atoms with Crippen LogP contribution in [0.2, 0.25) is 0 Å². The van der Waals surface area contributed by atoms with Crippen molar-refractivity contribution in [3.63, 3.8) is 0 Å². The van der Waals surface area contributed by atoms with E-state index in [9.17, 15) is 4.79 Å². The van der Waals surface area contributed by atoms with Crippen LogP contribution >= 0.6 is 0 Å². The molecule has 0 saturated carbocycles. The molecule has 2 rings (SSSR count). The third-order valence-electron chi connectivity index (χ3n) is 1.99. The van der Waals surface area contributed by atoms with Crippen LogP contribution in [0.5, 0.6) is 0 Å². The average Bonchev–Trinajstić information content (AvgIpc) is 2.57. The van der Waals surface area contributed by atoms with E-state index in [0.29, 0.717) is 5.69 Å². The Labute approximate surface area is 85.8 Å². The second kappa shape index (κ2) is 3.58. The molecule has 78 valence electrons. The molecule has 0 unspecified atom stereocenters. The van der Waals surface area contributed by atoms with Crippen LogP contribution in [-0.4, -0.2) is 16.0 Å². The Hall–Kier alpha value is -2.08. The number of carbonyl (C=O) groups excluding carboxylic acids is 1. The SMILES string of the molecule is Cc1nc2ccc(NC(=O)NN)cc2[nH]1. The van der Waals surface area contributed by atoms with Crippen LogP contribution in [0.1, 0.15) is 5.82 Å². The van der Waals surface area contributed by atoms with E-state index in [0.717, 1.165) is 16.9 Å². The minimum Gasteiger partial charge on any atom is -0.342 e. The van der Waals surface area contributed by atoms with Gasteiger partial charge in [0.2, 0.25) is 0 Å². The Bertz CT molecular complexity index is 504. The van der Waals surface area contributed by atoms with Gasteiger partial charge in [-0.2, -0.15) is 0 Å². The summed E-state index contributed by atoms with van der Waals surface area (Å²) < 4.78 is 0. The first-order chi connectivity index (χ1) is 7.19. The van der Waals surface area contributed by atoms with Crippen molar-refractivity contribution in [2.24, 2.45) is 5.84 Å². The van der Waals surface area contributed by atoms with Crippen LogP contribution in [0.3, 0.4) is 0 Å². The number of aromatic nitrogens is 2. The van der Waals surface area contributed by atoms with Gasteiger partial charge in [-0.25, -0.2) is 15.6 Å². The summed E-state index contributed by atoms with van der Waals surface area (Å²) >= 11 is 0. The number of aryl methyl sites for hydroxylation is 1. The molecule has 0 saturated heterocycles. The minimum atomic E-state index is -0.453. The maximum absolute atomic E-state index is 10.9. The highest BCUT2D eigenvalue weighted by Gasteiger charge is 2.02. The molecule has 2 aromatic rings. The zero-order valence-electron chi connectivity index (χ0n) is 8.16. The summed E-state index contributed by atoms with van der Waals surface area (Å²) in [6.07, 6.45) is 0. The predicted octanol–water partition coefficient (Wildman–Crippen LogP) is 0.867. The Morgan fingerprint density at radius 2 is 2.33 bits per heavy atom. The highest BCUT2D eigenvalue weighted by atomic mass is 16.2. The van der Waals surface area contributed by atoms with E-state index >= 15 is 0 Å². The van der Waals surface area contributed by atoms with Crippen LogP contribution in [-0.2, 0) is 0 Å². The number of fused-ring (bicyclic) bond motifs is 1. The number of nitrogens with two attached hydrogens (primary N) is 1. The standard InChI is InChI=1S/C9H11N5O/c1-5-11-7-3-2-6(4-8(7)12-5)13-9(15)14-10/h2-4H,10H2,1H3,(H,11,12)(H2,13,14,15). The van der Waals surface area contributed by atoms with Crippen molar-refractivity contribution in [3.05, 3.63) is 24.0 Å². The molecule has 1 aromatic carbocycles. The summed E-state index contributed by atoms with van der Waals surface area (Å²) in [5.41, 5.74) is 4.40. The zero-order valence-corrected chi connectivity index (χ0v) is 8.16. The molecule has 0 spiro atoms. The first-order valence-electron chi connectivity index (χ1n) is 4.43.